The Morgan fingerprint density at radius 3 is 2.34 bits per heavy atom. The summed E-state index contributed by atoms with van der Waals surface area (Å²) in [5, 5.41) is 1.50. The van der Waals surface area contributed by atoms with Crippen LogP contribution in [-0.4, -0.2) is 64.8 Å². The van der Waals surface area contributed by atoms with Gasteiger partial charge < -0.3 is 20.7 Å². The van der Waals surface area contributed by atoms with Crippen LogP contribution in [-0.2, 0) is 0 Å². The van der Waals surface area contributed by atoms with Crippen molar-refractivity contribution in [3.8, 4) is 28.5 Å². The van der Waals surface area contributed by atoms with Crippen molar-refractivity contribution in [3.05, 3.63) is 41.2 Å². The standard InChI is InChI=1S/C21H21ClF5N7O/c1-34(2)6-3-7-35-11-8-12(23)15(13(24)9-11)16-17(22)32-20(19-29-5-4-14(28)31-19)33-18(16)30-10-21(25,26)27/h4-5,8-9H,3,6-7,10H2,1-2H3,(H2,28,29,31)(H,30,32,33). The highest BCUT2D eigenvalue weighted by Crippen LogP contribution is 2.39. The smallest absolute Gasteiger partial charge is 0.405 e. The molecule has 0 aliphatic carbocycles. The summed E-state index contributed by atoms with van der Waals surface area (Å²) in [4.78, 5) is 17.6. The fraction of sp³-hybridized carbons (Fsp3) is 0.333. The number of nitrogens with zero attached hydrogens (tertiary/aromatic N) is 5. The zero-order chi connectivity index (χ0) is 25.8. The van der Waals surface area contributed by atoms with Gasteiger partial charge in [0.2, 0.25) is 5.82 Å². The Kier molecular flexibility index (Phi) is 8.22. The van der Waals surface area contributed by atoms with E-state index in [2.05, 4.69) is 19.9 Å². The Morgan fingerprint density at radius 1 is 1.06 bits per heavy atom. The highest BCUT2D eigenvalue weighted by molar-refractivity contribution is 6.32. The summed E-state index contributed by atoms with van der Waals surface area (Å²) in [6, 6.07) is 3.19. The highest BCUT2D eigenvalue weighted by atomic mass is 35.5. The molecule has 0 amide bonds. The van der Waals surface area contributed by atoms with Crippen molar-refractivity contribution in [3.63, 3.8) is 0 Å². The van der Waals surface area contributed by atoms with Crippen molar-refractivity contribution in [2.75, 3.05) is 44.8 Å². The number of benzene rings is 1. The maximum Gasteiger partial charge on any atom is 0.405 e. The number of nitrogens with one attached hydrogen (secondary N) is 1. The molecule has 0 unspecified atom stereocenters. The van der Waals surface area contributed by atoms with Crippen LogP contribution >= 0.6 is 11.6 Å². The van der Waals surface area contributed by atoms with Gasteiger partial charge in [-0.3, -0.25) is 0 Å². The van der Waals surface area contributed by atoms with Crippen molar-refractivity contribution in [2.45, 2.75) is 12.6 Å². The number of nitrogens with two attached hydrogens (primary N) is 1. The zero-order valence-electron chi connectivity index (χ0n) is 18.6. The van der Waals surface area contributed by atoms with E-state index < -0.39 is 46.5 Å². The molecule has 0 saturated carbocycles. The summed E-state index contributed by atoms with van der Waals surface area (Å²) in [5.41, 5.74) is 4.38. The van der Waals surface area contributed by atoms with Gasteiger partial charge >= 0.3 is 6.18 Å². The molecule has 188 valence electrons. The van der Waals surface area contributed by atoms with Crippen LogP contribution in [0, 0.1) is 11.6 Å². The molecule has 0 saturated heterocycles. The molecule has 1 aromatic carbocycles. The Morgan fingerprint density at radius 2 is 1.74 bits per heavy atom. The van der Waals surface area contributed by atoms with Crippen LogP contribution in [0.25, 0.3) is 22.8 Å². The van der Waals surface area contributed by atoms with E-state index in [4.69, 9.17) is 22.1 Å². The average Bonchev–Trinajstić information content (AvgIpc) is 2.75. The van der Waals surface area contributed by atoms with Crippen LogP contribution in [0.3, 0.4) is 0 Å². The van der Waals surface area contributed by atoms with Gasteiger partial charge in [-0.05, 0) is 26.6 Å². The van der Waals surface area contributed by atoms with Crippen LogP contribution < -0.4 is 15.8 Å². The second-order valence-corrected chi connectivity index (χ2v) is 7.96. The molecule has 0 atom stereocenters. The lowest BCUT2D eigenvalue weighted by atomic mass is 10.1. The zero-order valence-corrected chi connectivity index (χ0v) is 19.4. The topological polar surface area (TPSA) is 102 Å². The van der Waals surface area contributed by atoms with Gasteiger partial charge in [-0.2, -0.15) is 13.2 Å². The third-order valence-corrected chi connectivity index (χ3v) is 4.76. The maximum atomic E-state index is 15.0. The fourth-order valence-corrected chi connectivity index (χ4v) is 3.25. The predicted molar refractivity (Wildman–Crippen MR) is 121 cm³/mol. The van der Waals surface area contributed by atoms with Crippen molar-refractivity contribution >= 4 is 23.2 Å². The van der Waals surface area contributed by atoms with Crippen LogP contribution in [0.15, 0.2) is 24.4 Å². The number of aromatic nitrogens is 4. The Balaban J connectivity index is 2.03. The van der Waals surface area contributed by atoms with E-state index >= 15 is 8.78 Å². The maximum absolute atomic E-state index is 15.0. The number of nitrogen functional groups attached to an aromatic ring is 1. The molecule has 14 heteroatoms. The first-order chi connectivity index (χ1) is 16.4. The lowest BCUT2D eigenvalue weighted by molar-refractivity contribution is -0.115. The quantitative estimate of drug-likeness (QED) is 0.244. The SMILES string of the molecule is CN(C)CCCOc1cc(F)c(-c2c(Cl)nc(-c3nccc(N)n3)nc2NCC(F)(F)F)c(F)c1. The van der Waals surface area contributed by atoms with E-state index in [1.165, 1.54) is 12.3 Å². The van der Waals surface area contributed by atoms with Gasteiger partial charge in [0.25, 0.3) is 0 Å². The van der Waals surface area contributed by atoms with Gasteiger partial charge in [0.05, 0.1) is 17.7 Å². The fourth-order valence-electron chi connectivity index (χ4n) is 2.99. The first-order valence-corrected chi connectivity index (χ1v) is 10.6. The third kappa shape index (κ3) is 7.09. The minimum absolute atomic E-state index is 0.0434. The van der Waals surface area contributed by atoms with Gasteiger partial charge in [-0.1, -0.05) is 11.6 Å². The third-order valence-electron chi connectivity index (χ3n) is 4.48. The van der Waals surface area contributed by atoms with E-state index in [0.29, 0.717) is 13.0 Å². The van der Waals surface area contributed by atoms with Crippen LogP contribution in [0.1, 0.15) is 6.42 Å². The largest absolute Gasteiger partial charge is 0.493 e. The Labute approximate surface area is 202 Å². The average molecular weight is 518 g/mol. The van der Waals surface area contributed by atoms with E-state index in [1.807, 2.05) is 24.3 Å². The van der Waals surface area contributed by atoms with Gasteiger partial charge in [-0.25, -0.2) is 28.7 Å². The van der Waals surface area contributed by atoms with Crippen LogP contribution in [0.4, 0.5) is 33.6 Å². The second kappa shape index (κ2) is 11.0. The molecule has 0 radical (unpaired) electrons. The van der Waals surface area contributed by atoms with E-state index in [1.54, 1.807) is 0 Å². The molecule has 0 spiro atoms. The molecule has 0 bridgehead atoms. The molecular weight excluding hydrogens is 497 g/mol. The minimum atomic E-state index is -4.66. The number of alkyl halides is 3. The molecule has 2 aromatic heterocycles. The summed E-state index contributed by atoms with van der Waals surface area (Å²) in [6.07, 6.45) is -2.77. The molecule has 2 heterocycles. The number of rotatable bonds is 9. The molecule has 35 heavy (non-hydrogen) atoms. The lowest BCUT2D eigenvalue weighted by Gasteiger charge is -2.17. The highest BCUT2D eigenvalue weighted by Gasteiger charge is 2.30. The van der Waals surface area contributed by atoms with Crippen molar-refractivity contribution in [1.29, 1.82) is 0 Å². The number of ether oxygens (including phenoxy) is 1. The van der Waals surface area contributed by atoms with E-state index in [9.17, 15) is 13.2 Å². The van der Waals surface area contributed by atoms with Gasteiger partial charge in [0.1, 0.15) is 40.7 Å². The molecule has 8 nitrogen and oxygen atoms in total. The Bertz CT molecular complexity index is 1170. The number of halogens is 6. The minimum Gasteiger partial charge on any atom is -0.493 e. The molecule has 3 rings (SSSR count). The summed E-state index contributed by atoms with van der Waals surface area (Å²) in [5.74, 6) is -3.30. The van der Waals surface area contributed by atoms with Crippen molar-refractivity contribution in [1.82, 2.24) is 24.8 Å². The number of hydrogen-bond donors (Lipinski definition) is 2. The predicted octanol–water partition coefficient (Wildman–Crippen LogP) is 4.42. The number of anilines is 2. The van der Waals surface area contributed by atoms with E-state index in [0.717, 1.165) is 12.1 Å². The first kappa shape index (κ1) is 26.3. The van der Waals surface area contributed by atoms with Gasteiger partial charge in [0, 0.05) is 24.9 Å². The summed E-state index contributed by atoms with van der Waals surface area (Å²) < 4.78 is 74.1. The second-order valence-electron chi connectivity index (χ2n) is 7.60. The van der Waals surface area contributed by atoms with Crippen molar-refractivity contribution in [2.24, 2.45) is 0 Å². The first-order valence-electron chi connectivity index (χ1n) is 10.2. The van der Waals surface area contributed by atoms with Crippen molar-refractivity contribution < 1.29 is 26.7 Å². The summed E-state index contributed by atoms with van der Waals surface area (Å²) in [6.45, 7) is -0.651. The molecule has 0 aliphatic heterocycles. The number of hydrogen-bond acceptors (Lipinski definition) is 8. The Hall–Kier alpha value is -3.32. The molecular formula is C21H21ClF5N7O. The molecule has 0 fully saturated rings. The lowest BCUT2D eigenvalue weighted by Crippen LogP contribution is -2.22. The normalized spacial score (nSPS) is 11.7. The molecule has 0 aliphatic rings. The van der Waals surface area contributed by atoms with Crippen LogP contribution in [0.5, 0.6) is 5.75 Å². The van der Waals surface area contributed by atoms with Gasteiger partial charge in [0.15, 0.2) is 5.82 Å². The monoisotopic (exact) mass is 517 g/mol. The molecule has 3 N–H and O–H groups in total. The van der Waals surface area contributed by atoms with E-state index in [-0.39, 0.29) is 29.8 Å². The summed E-state index contributed by atoms with van der Waals surface area (Å²) in [7, 11) is 3.74. The van der Waals surface area contributed by atoms with Gasteiger partial charge in [-0.15, -0.1) is 0 Å². The molecule has 3 aromatic rings. The summed E-state index contributed by atoms with van der Waals surface area (Å²) >= 11 is 6.20. The van der Waals surface area contributed by atoms with Crippen LogP contribution in [0.2, 0.25) is 5.15 Å².